The smallest absolute Gasteiger partial charge is 0.335 e. The van der Waals surface area contributed by atoms with Crippen molar-refractivity contribution in [3.05, 3.63) is 34.9 Å². The van der Waals surface area contributed by atoms with E-state index in [4.69, 9.17) is 9.47 Å². The summed E-state index contributed by atoms with van der Waals surface area (Å²) in [7, 11) is 0. The van der Waals surface area contributed by atoms with Crippen LogP contribution in [-0.4, -0.2) is 59.9 Å². The van der Waals surface area contributed by atoms with Gasteiger partial charge in [-0.05, 0) is 37.6 Å². The van der Waals surface area contributed by atoms with E-state index in [9.17, 15) is 14.7 Å². The van der Waals surface area contributed by atoms with E-state index in [1.807, 2.05) is 6.92 Å². The molecule has 1 aromatic carbocycles. The molecule has 2 saturated heterocycles. The average molecular weight is 319 g/mol. The van der Waals surface area contributed by atoms with Gasteiger partial charge >= 0.3 is 5.97 Å². The van der Waals surface area contributed by atoms with Crippen molar-refractivity contribution >= 4 is 11.9 Å². The predicted molar refractivity (Wildman–Crippen MR) is 82.8 cm³/mol. The normalized spacial score (nSPS) is 27.4. The second-order valence-electron chi connectivity index (χ2n) is 6.49. The molecule has 0 aromatic heterocycles. The van der Waals surface area contributed by atoms with Gasteiger partial charge in [0.2, 0.25) is 0 Å². The van der Waals surface area contributed by atoms with Gasteiger partial charge in [-0.15, -0.1) is 0 Å². The fourth-order valence-electron chi connectivity index (χ4n) is 3.40. The number of nitrogens with zero attached hydrogens (tertiary/aromatic N) is 1. The minimum Gasteiger partial charge on any atom is -0.478 e. The highest BCUT2D eigenvalue weighted by Crippen LogP contribution is 2.30. The number of rotatable bonds is 2. The molecule has 3 rings (SSSR count). The lowest BCUT2D eigenvalue weighted by molar-refractivity contribution is -0.138. The van der Waals surface area contributed by atoms with E-state index in [1.165, 1.54) is 6.07 Å². The molecule has 6 nitrogen and oxygen atoms in total. The summed E-state index contributed by atoms with van der Waals surface area (Å²) in [5.74, 6) is -1.18. The summed E-state index contributed by atoms with van der Waals surface area (Å²) in [5.41, 5.74) is 0.875. The Hall–Kier alpha value is -1.92. The van der Waals surface area contributed by atoms with Gasteiger partial charge in [-0.2, -0.15) is 0 Å². The molecule has 0 saturated carbocycles. The highest BCUT2D eigenvalue weighted by molar-refractivity contribution is 5.98. The number of hydrogen-bond donors (Lipinski definition) is 1. The minimum absolute atomic E-state index is 0.0712. The van der Waals surface area contributed by atoms with Crippen LogP contribution in [0.3, 0.4) is 0 Å². The van der Waals surface area contributed by atoms with E-state index in [0.29, 0.717) is 31.9 Å². The number of carboxylic acid groups (broad SMARTS) is 1. The number of carbonyl (C=O) groups excluding carboxylic acids is 1. The first kappa shape index (κ1) is 16.0. The molecule has 2 unspecified atom stereocenters. The van der Waals surface area contributed by atoms with Crippen LogP contribution in [0.4, 0.5) is 0 Å². The first-order valence-electron chi connectivity index (χ1n) is 7.78. The zero-order chi connectivity index (χ0) is 16.6. The quantitative estimate of drug-likeness (QED) is 0.898. The van der Waals surface area contributed by atoms with Crippen LogP contribution in [0, 0.1) is 6.92 Å². The van der Waals surface area contributed by atoms with Crippen LogP contribution >= 0.6 is 0 Å². The Morgan fingerprint density at radius 2 is 2.04 bits per heavy atom. The third-order valence-electron chi connectivity index (χ3n) is 4.33. The zero-order valence-corrected chi connectivity index (χ0v) is 13.4. The summed E-state index contributed by atoms with van der Waals surface area (Å²) in [4.78, 5) is 25.8. The van der Waals surface area contributed by atoms with Crippen molar-refractivity contribution in [2.45, 2.75) is 32.0 Å². The van der Waals surface area contributed by atoms with Crippen LogP contribution in [0.15, 0.2) is 18.2 Å². The molecule has 23 heavy (non-hydrogen) atoms. The standard InChI is InChI=1S/C17H21NO5/c1-11-5-13(7-14(6-11)16(20)21)15(19)18-8-12(2)23-17(9-18)3-4-22-10-17/h5-7,12H,3-4,8-10H2,1-2H3,(H,20,21). The zero-order valence-electron chi connectivity index (χ0n) is 13.4. The fourth-order valence-corrected chi connectivity index (χ4v) is 3.40. The molecule has 2 atom stereocenters. The molecule has 2 aliphatic heterocycles. The highest BCUT2D eigenvalue weighted by atomic mass is 16.6. The largest absolute Gasteiger partial charge is 0.478 e. The second-order valence-corrected chi connectivity index (χ2v) is 6.49. The Balaban J connectivity index is 1.86. The van der Waals surface area contributed by atoms with E-state index >= 15 is 0 Å². The summed E-state index contributed by atoms with van der Waals surface area (Å²) in [6.45, 7) is 5.84. The number of aromatic carboxylic acids is 1. The number of carbonyl (C=O) groups is 2. The van der Waals surface area contributed by atoms with Gasteiger partial charge in [0.05, 0.1) is 24.8 Å². The minimum atomic E-state index is -1.03. The van der Waals surface area contributed by atoms with Crippen LogP contribution in [0.2, 0.25) is 0 Å². The average Bonchev–Trinajstić information content (AvgIpc) is 2.92. The van der Waals surface area contributed by atoms with E-state index in [1.54, 1.807) is 24.0 Å². The number of morpholine rings is 1. The van der Waals surface area contributed by atoms with Gasteiger partial charge in [0.15, 0.2) is 0 Å². The lowest BCUT2D eigenvalue weighted by Crippen LogP contribution is -2.57. The van der Waals surface area contributed by atoms with Gasteiger partial charge in [0.1, 0.15) is 5.60 Å². The van der Waals surface area contributed by atoms with Gasteiger partial charge in [0, 0.05) is 25.1 Å². The predicted octanol–water partition coefficient (Wildman–Crippen LogP) is 1.71. The molecular formula is C17H21NO5. The Bertz CT molecular complexity index is 636. The Morgan fingerprint density at radius 3 is 2.70 bits per heavy atom. The van der Waals surface area contributed by atoms with Crippen LogP contribution in [-0.2, 0) is 9.47 Å². The Labute approximate surface area is 135 Å². The van der Waals surface area contributed by atoms with Crippen LogP contribution in [0.1, 0.15) is 39.6 Å². The molecule has 6 heteroatoms. The molecule has 1 amide bonds. The monoisotopic (exact) mass is 319 g/mol. The molecule has 2 heterocycles. The van der Waals surface area contributed by atoms with Gasteiger partial charge in [-0.25, -0.2) is 4.79 Å². The lowest BCUT2D eigenvalue weighted by atomic mass is 9.98. The molecule has 0 radical (unpaired) electrons. The molecule has 0 aliphatic carbocycles. The fraction of sp³-hybridized carbons (Fsp3) is 0.529. The van der Waals surface area contributed by atoms with Crippen molar-refractivity contribution in [2.24, 2.45) is 0 Å². The first-order chi connectivity index (χ1) is 10.9. The van der Waals surface area contributed by atoms with Crippen LogP contribution < -0.4 is 0 Å². The Kier molecular flexibility index (Phi) is 4.12. The van der Waals surface area contributed by atoms with Crippen molar-refractivity contribution in [1.82, 2.24) is 4.90 Å². The maximum absolute atomic E-state index is 12.8. The number of benzene rings is 1. The summed E-state index contributed by atoms with van der Waals surface area (Å²) in [6.07, 6.45) is 0.702. The molecular weight excluding hydrogens is 298 g/mol. The van der Waals surface area contributed by atoms with Gasteiger partial charge in [0.25, 0.3) is 5.91 Å². The van der Waals surface area contributed by atoms with Crippen molar-refractivity contribution in [3.8, 4) is 0 Å². The lowest BCUT2D eigenvalue weighted by Gasteiger charge is -2.42. The van der Waals surface area contributed by atoms with Crippen molar-refractivity contribution < 1.29 is 24.2 Å². The molecule has 0 bridgehead atoms. The molecule has 2 aliphatic rings. The summed E-state index contributed by atoms with van der Waals surface area (Å²) in [5, 5.41) is 9.17. The summed E-state index contributed by atoms with van der Waals surface area (Å²) < 4.78 is 11.5. The van der Waals surface area contributed by atoms with E-state index < -0.39 is 11.6 Å². The number of carboxylic acids is 1. The van der Waals surface area contributed by atoms with Crippen molar-refractivity contribution in [3.63, 3.8) is 0 Å². The maximum Gasteiger partial charge on any atom is 0.335 e. The van der Waals surface area contributed by atoms with Crippen LogP contribution in [0.5, 0.6) is 0 Å². The topological polar surface area (TPSA) is 76.1 Å². The highest BCUT2D eigenvalue weighted by Gasteiger charge is 2.44. The maximum atomic E-state index is 12.8. The molecule has 1 N–H and O–H groups in total. The van der Waals surface area contributed by atoms with E-state index in [-0.39, 0.29) is 17.6 Å². The van der Waals surface area contributed by atoms with E-state index in [0.717, 1.165) is 12.0 Å². The molecule has 1 spiro atoms. The Morgan fingerprint density at radius 1 is 1.30 bits per heavy atom. The number of hydrogen-bond acceptors (Lipinski definition) is 4. The molecule has 124 valence electrons. The summed E-state index contributed by atoms with van der Waals surface area (Å²) in [6, 6.07) is 4.73. The van der Waals surface area contributed by atoms with Crippen LogP contribution in [0.25, 0.3) is 0 Å². The molecule has 2 fully saturated rings. The third kappa shape index (κ3) is 3.23. The van der Waals surface area contributed by atoms with Crippen molar-refractivity contribution in [1.29, 1.82) is 0 Å². The van der Waals surface area contributed by atoms with Gasteiger partial charge in [-0.1, -0.05) is 0 Å². The third-order valence-corrected chi connectivity index (χ3v) is 4.33. The van der Waals surface area contributed by atoms with E-state index in [2.05, 4.69) is 0 Å². The molecule has 1 aromatic rings. The number of ether oxygens (including phenoxy) is 2. The SMILES string of the molecule is Cc1cc(C(=O)O)cc(C(=O)N2CC(C)OC3(CCOC3)C2)c1. The first-order valence-corrected chi connectivity index (χ1v) is 7.78. The second kappa shape index (κ2) is 5.94. The number of amides is 1. The van der Waals surface area contributed by atoms with Gasteiger partial charge in [-0.3, -0.25) is 4.79 Å². The summed E-state index contributed by atoms with van der Waals surface area (Å²) >= 11 is 0. The van der Waals surface area contributed by atoms with Crippen molar-refractivity contribution in [2.75, 3.05) is 26.3 Å². The number of aryl methyl sites for hydroxylation is 1. The van der Waals surface area contributed by atoms with Gasteiger partial charge < -0.3 is 19.5 Å².